The Hall–Kier alpha value is -2.47. The van der Waals surface area contributed by atoms with E-state index in [2.05, 4.69) is 15.9 Å². The van der Waals surface area contributed by atoms with Crippen LogP contribution in [0.5, 0.6) is 17.2 Å². The van der Waals surface area contributed by atoms with Crippen molar-refractivity contribution in [2.45, 2.75) is 13.0 Å². The lowest BCUT2D eigenvalue weighted by atomic mass is 10.1. The molecule has 0 saturated heterocycles. The molecule has 0 fully saturated rings. The molecule has 0 aromatic heterocycles. The molecule has 3 rings (SSSR count). The number of halogens is 1. The van der Waals surface area contributed by atoms with Gasteiger partial charge in [0.2, 0.25) is 5.91 Å². The van der Waals surface area contributed by atoms with E-state index in [1.165, 1.54) is 0 Å². The van der Waals surface area contributed by atoms with Gasteiger partial charge in [0.15, 0.2) is 11.5 Å². The number of ether oxygens (including phenoxy) is 3. The number of carbonyl (C=O) groups is 1. The van der Waals surface area contributed by atoms with E-state index in [9.17, 15) is 4.79 Å². The molecule has 0 saturated carbocycles. The van der Waals surface area contributed by atoms with Crippen LogP contribution >= 0.6 is 15.9 Å². The van der Waals surface area contributed by atoms with Gasteiger partial charge in [-0.1, -0.05) is 22.0 Å². The van der Waals surface area contributed by atoms with E-state index in [0.29, 0.717) is 25.5 Å². The number of amides is 1. The molecule has 5 nitrogen and oxygen atoms in total. The van der Waals surface area contributed by atoms with Gasteiger partial charge in [0, 0.05) is 36.1 Å². The number of benzene rings is 2. The number of hydrogen-bond acceptors (Lipinski definition) is 4. The summed E-state index contributed by atoms with van der Waals surface area (Å²) in [6, 6.07) is 11.4. The minimum absolute atomic E-state index is 0.0934. The van der Waals surface area contributed by atoms with E-state index >= 15 is 0 Å². The van der Waals surface area contributed by atoms with E-state index in [1.54, 1.807) is 31.2 Å². The number of rotatable bonds is 5. The van der Waals surface area contributed by atoms with Gasteiger partial charge in [-0.3, -0.25) is 4.79 Å². The Kier molecular flexibility index (Phi) is 6.40. The predicted octanol–water partition coefficient (Wildman–Crippen LogP) is 4.29. The molecule has 1 amide bonds. The fraction of sp³-hybridized carbons (Fsp3) is 0.286. The van der Waals surface area contributed by atoms with Crippen LogP contribution < -0.4 is 14.2 Å². The van der Waals surface area contributed by atoms with Crippen LogP contribution in [0.25, 0.3) is 6.08 Å². The van der Waals surface area contributed by atoms with Gasteiger partial charge in [0.1, 0.15) is 5.75 Å². The van der Waals surface area contributed by atoms with Crippen LogP contribution in [0.1, 0.15) is 17.5 Å². The maximum absolute atomic E-state index is 12.5. The molecule has 0 aliphatic carbocycles. The minimum Gasteiger partial charge on any atom is -0.496 e. The first-order valence-corrected chi connectivity index (χ1v) is 9.51. The molecule has 1 aliphatic rings. The number of carbonyl (C=O) groups excluding carboxylic acids is 1. The van der Waals surface area contributed by atoms with Gasteiger partial charge in [-0.25, -0.2) is 0 Å². The van der Waals surface area contributed by atoms with Crippen LogP contribution in [0, 0.1) is 0 Å². The molecule has 142 valence electrons. The van der Waals surface area contributed by atoms with E-state index < -0.39 is 0 Å². The lowest BCUT2D eigenvalue weighted by Gasteiger charge is -2.17. The van der Waals surface area contributed by atoms with Gasteiger partial charge in [-0.2, -0.15) is 0 Å². The number of nitrogens with zero attached hydrogens (tertiary/aromatic N) is 1. The summed E-state index contributed by atoms with van der Waals surface area (Å²) in [5.41, 5.74) is 1.83. The van der Waals surface area contributed by atoms with E-state index in [0.717, 1.165) is 33.5 Å². The Morgan fingerprint density at radius 2 is 1.96 bits per heavy atom. The Morgan fingerprint density at radius 3 is 2.74 bits per heavy atom. The lowest BCUT2D eigenvalue weighted by molar-refractivity contribution is -0.125. The van der Waals surface area contributed by atoms with Crippen molar-refractivity contribution in [1.82, 2.24) is 4.90 Å². The third-order valence-corrected chi connectivity index (χ3v) is 4.71. The summed E-state index contributed by atoms with van der Waals surface area (Å²) in [6.45, 7) is 1.74. The predicted molar refractivity (Wildman–Crippen MR) is 108 cm³/mol. The number of fused-ring (bicyclic) bond motifs is 1. The standard InChI is InChI=1S/C21H22BrNO4/c1-23(14-16-13-17(22)6-8-18(16)25-2)21(24)9-5-15-4-7-19-20(12-15)27-11-3-10-26-19/h4-9,12-13H,3,10-11,14H2,1-2H3/b9-5+. The highest BCUT2D eigenvalue weighted by molar-refractivity contribution is 9.10. The molecule has 0 atom stereocenters. The molecule has 1 aliphatic heterocycles. The summed E-state index contributed by atoms with van der Waals surface area (Å²) in [4.78, 5) is 14.1. The Bertz CT molecular complexity index is 850. The summed E-state index contributed by atoms with van der Waals surface area (Å²) in [6.07, 6.45) is 4.21. The first kappa shape index (κ1) is 19.3. The molecule has 0 radical (unpaired) electrons. The van der Waals surface area contributed by atoms with Crippen molar-refractivity contribution in [3.05, 3.63) is 58.1 Å². The average Bonchev–Trinajstić information content (AvgIpc) is 2.91. The van der Waals surface area contributed by atoms with Crippen LogP contribution in [0.4, 0.5) is 0 Å². The zero-order valence-corrected chi connectivity index (χ0v) is 17.0. The van der Waals surface area contributed by atoms with Crippen molar-refractivity contribution in [3.63, 3.8) is 0 Å². The highest BCUT2D eigenvalue weighted by Gasteiger charge is 2.12. The fourth-order valence-electron chi connectivity index (χ4n) is 2.78. The number of likely N-dealkylation sites (N-methyl/N-ethyl adjacent to an activating group) is 1. The van der Waals surface area contributed by atoms with Gasteiger partial charge < -0.3 is 19.1 Å². The SMILES string of the molecule is COc1ccc(Br)cc1CN(C)C(=O)/C=C/c1ccc2c(c1)OCCCO2. The van der Waals surface area contributed by atoms with Gasteiger partial charge in [-0.15, -0.1) is 0 Å². The highest BCUT2D eigenvalue weighted by atomic mass is 79.9. The maximum atomic E-state index is 12.5. The van der Waals surface area contributed by atoms with Crippen molar-refractivity contribution in [2.24, 2.45) is 0 Å². The summed E-state index contributed by atoms with van der Waals surface area (Å²) >= 11 is 3.45. The second kappa shape index (κ2) is 8.95. The Morgan fingerprint density at radius 1 is 1.19 bits per heavy atom. The van der Waals surface area contributed by atoms with E-state index in [-0.39, 0.29) is 5.91 Å². The third-order valence-electron chi connectivity index (χ3n) is 4.22. The normalized spacial score (nSPS) is 13.3. The topological polar surface area (TPSA) is 48.0 Å². The number of methoxy groups -OCH3 is 1. The molecule has 1 heterocycles. The molecule has 0 spiro atoms. The van der Waals surface area contributed by atoms with Crippen molar-refractivity contribution < 1.29 is 19.0 Å². The molecule has 6 heteroatoms. The molecular weight excluding hydrogens is 410 g/mol. The number of hydrogen-bond donors (Lipinski definition) is 0. The van der Waals surface area contributed by atoms with E-state index in [1.807, 2.05) is 36.4 Å². The largest absolute Gasteiger partial charge is 0.496 e. The van der Waals surface area contributed by atoms with Crippen LogP contribution in [-0.2, 0) is 11.3 Å². The summed E-state index contributed by atoms with van der Waals surface area (Å²) in [7, 11) is 3.39. The van der Waals surface area contributed by atoms with Crippen LogP contribution in [0.3, 0.4) is 0 Å². The van der Waals surface area contributed by atoms with Crippen molar-refractivity contribution in [2.75, 3.05) is 27.4 Å². The van der Waals surface area contributed by atoms with Crippen LogP contribution in [-0.4, -0.2) is 38.2 Å². The monoisotopic (exact) mass is 431 g/mol. The quantitative estimate of drug-likeness (QED) is 0.662. The third kappa shape index (κ3) is 5.04. The van der Waals surface area contributed by atoms with Gasteiger partial charge in [0.05, 0.1) is 20.3 Å². The minimum atomic E-state index is -0.0934. The molecule has 0 N–H and O–H groups in total. The Labute approximate surface area is 167 Å². The highest BCUT2D eigenvalue weighted by Crippen LogP contribution is 2.31. The molecule has 0 bridgehead atoms. The first-order valence-electron chi connectivity index (χ1n) is 8.72. The Balaban J connectivity index is 1.68. The maximum Gasteiger partial charge on any atom is 0.246 e. The molecule has 2 aromatic rings. The van der Waals surface area contributed by atoms with Gasteiger partial charge in [0.25, 0.3) is 0 Å². The smallest absolute Gasteiger partial charge is 0.246 e. The van der Waals surface area contributed by atoms with Crippen LogP contribution in [0.2, 0.25) is 0 Å². The van der Waals surface area contributed by atoms with Crippen molar-refractivity contribution in [1.29, 1.82) is 0 Å². The summed E-state index contributed by atoms with van der Waals surface area (Å²) in [5, 5.41) is 0. The molecule has 27 heavy (non-hydrogen) atoms. The molecule has 0 unspecified atom stereocenters. The summed E-state index contributed by atoms with van der Waals surface area (Å²) in [5.74, 6) is 2.12. The average molecular weight is 432 g/mol. The zero-order chi connectivity index (χ0) is 19.2. The second-order valence-electron chi connectivity index (χ2n) is 6.24. The summed E-state index contributed by atoms with van der Waals surface area (Å²) < 4.78 is 17.6. The van der Waals surface area contributed by atoms with Crippen molar-refractivity contribution in [3.8, 4) is 17.2 Å². The molecular formula is C21H22BrNO4. The molecule has 2 aromatic carbocycles. The zero-order valence-electron chi connectivity index (χ0n) is 15.4. The fourth-order valence-corrected chi connectivity index (χ4v) is 3.19. The van der Waals surface area contributed by atoms with E-state index in [4.69, 9.17) is 14.2 Å². The van der Waals surface area contributed by atoms with Gasteiger partial charge in [-0.05, 0) is 42.0 Å². The first-order chi connectivity index (χ1) is 13.1. The second-order valence-corrected chi connectivity index (χ2v) is 7.16. The lowest BCUT2D eigenvalue weighted by Crippen LogP contribution is -2.24. The van der Waals surface area contributed by atoms with Gasteiger partial charge >= 0.3 is 0 Å². The van der Waals surface area contributed by atoms with Crippen LogP contribution in [0.15, 0.2) is 46.9 Å². The van der Waals surface area contributed by atoms with Crippen molar-refractivity contribution >= 4 is 27.9 Å².